The number of hydrogen-bond donors (Lipinski definition) is 1. The molecule has 0 fully saturated rings. The number of nitrogens with zero attached hydrogens (tertiary/aromatic N) is 4. The van der Waals surface area contributed by atoms with E-state index in [0.717, 1.165) is 37.4 Å². The van der Waals surface area contributed by atoms with E-state index in [9.17, 15) is 0 Å². The molecule has 3 aromatic rings. The van der Waals surface area contributed by atoms with Gasteiger partial charge in [0.15, 0.2) is 4.77 Å². The minimum atomic E-state index is 0.571. The van der Waals surface area contributed by atoms with Crippen LogP contribution in [0.4, 0.5) is 0 Å². The Morgan fingerprint density at radius 3 is 2.92 bits per heavy atom. The lowest BCUT2D eigenvalue weighted by Crippen LogP contribution is -2.31. The number of para-hydroxylation sites is 1. The number of nitrogens with one attached hydrogen (secondary N) is 1. The van der Waals surface area contributed by atoms with Gasteiger partial charge in [0.1, 0.15) is 0 Å². The Kier molecular flexibility index (Phi) is 4.00. The van der Waals surface area contributed by atoms with Crippen LogP contribution in [0.1, 0.15) is 22.5 Å². The number of hydrogen-bond acceptors (Lipinski definition) is 4. The van der Waals surface area contributed by atoms with Crippen LogP contribution in [0.3, 0.4) is 0 Å². The highest BCUT2D eigenvalue weighted by molar-refractivity contribution is 7.71. The second-order valence-electron chi connectivity index (χ2n) is 6.17. The summed E-state index contributed by atoms with van der Waals surface area (Å²) in [6.45, 7) is 4.88. The van der Waals surface area contributed by atoms with Crippen LogP contribution in [-0.2, 0) is 19.5 Å². The van der Waals surface area contributed by atoms with Gasteiger partial charge < -0.3 is 4.98 Å². The van der Waals surface area contributed by atoms with Crippen LogP contribution in [0.2, 0.25) is 0 Å². The van der Waals surface area contributed by atoms with Gasteiger partial charge in [0.05, 0.1) is 11.4 Å². The number of rotatable bonds is 3. The molecule has 0 unspecified atom stereocenters. The minimum Gasteiger partial charge on any atom is -0.334 e. The molecule has 0 radical (unpaired) electrons. The van der Waals surface area contributed by atoms with Crippen LogP contribution < -0.4 is 0 Å². The first kappa shape index (κ1) is 15.2. The maximum Gasteiger partial charge on any atom is 0.196 e. The van der Waals surface area contributed by atoms with Gasteiger partial charge in [-0.25, -0.2) is 9.67 Å². The fraction of sp³-hybridized carbons (Fsp3) is 0.278. The molecule has 24 heavy (non-hydrogen) atoms. The third-order valence-corrected chi connectivity index (χ3v) is 4.68. The predicted molar refractivity (Wildman–Crippen MR) is 95.5 cm³/mol. The fourth-order valence-corrected chi connectivity index (χ4v) is 3.32. The molecule has 1 N–H and O–H groups in total. The van der Waals surface area contributed by atoms with Gasteiger partial charge in [-0.1, -0.05) is 18.2 Å². The first-order chi connectivity index (χ1) is 11.7. The van der Waals surface area contributed by atoms with Gasteiger partial charge in [-0.3, -0.25) is 4.90 Å². The van der Waals surface area contributed by atoms with E-state index in [1.54, 1.807) is 0 Å². The van der Waals surface area contributed by atoms with Crippen LogP contribution in [0.5, 0.6) is 0 Å². The van der Waals surface area contributed by atoms with Crippen LogP contribution in [0, 0.1) is 11.7 Å². The molecule has 3 heterocycles. The zero-order valence-electron chi connectivity index (χ0n) is 13.6. The molecular weight excluding hydrogens is 318 g/mol. The highest BCUT2D eigenvalue weighted by Gasteiger charge is 2.18. The average Bonchev–Trinajstić information content (AvgIpc) is 2.97. The van der Waals surface area contributed by atoms with Crippen molar-refractivity contribution in [2.45, 2.75) is 26.4 Å². The van der Waals surface area contributed by atoms with E-state index in [0.29, 0.717) is 4.77 Å². The second-order valence-corrected chi connectivity index (χ2v) is 6.56. The lowest BCUT2D eigenvalue weighted by atomic mass is 10.1. The highest BCUT2D eigenvalue weighted by Crippen LogP contribution is 2.20. The summed E-state index contributed by atoms with van der Waals surface area (Å²) in [6, 6.07) is 10.2. The van der Waals surface area contributed by atoms with Gasteiger partial charge in [-0.2, -0.15) is 5.10 Å². The molecule has 0 aliphatic carbocycles. The molecule has 0 amide bonds. The van der Waals surface area contributed by atoms with Crippen LogP contribution in [-0.4, -0.2) is 31.2 Å². The monoisotopic (exact) mass is 337 g/mol. The number of aryl methyl sites for hydroxylation is 1. The van der Waals surface area contributed by atoms with E-state index >= 15 is 0 Å². The van der Waals surface area contributed by atoms with Crippen LogP contribution >= 0.6 is 12.2 Å². The maximum absolute atomic E-state index is 5.11. The Morgan fingerprint density at radius 2 is 2.08 bits per heavy atom. The largest absolute Gasteiger partial charge is 0.334 e. The van der Waals surface area contributed by atoms with Crippen molar-refractivity contribution in [3.8, 4) is 5.69 Å². The van der Waals surface area contributed by atoms with E-state index < -0.39 is 0 Å². The van der Waals surface area contributed by atoms with Crippen molar-refractivity contribution in [3.05, 3.63) is 70.0 Å². The van der Waals surface area contributed by atoms with Crippen LogP contribution in [0.25, 0.3) is 5.69 Å². The predicted octanol–water partition coefficient (Wildman–Crippen LogP) is 3.19. The molecule has 0 atom stereocenters. The summed E-state index contributed by atoms with van der Waals surface area (Å²) >= 11 is 5.11. The Bertz CT molecular complexity index is 913. The molecule has 4 rings (SSSR count). The normalized spacial score (nSPS) is 14.5. The van der Waals surface area contributed by atoms with Gasteiger partial charge in [-0.05, 0) is 31.3 Å². The molecule has 1 aliphatic rings. The molecule has 0 spiro atoms. The Hall–Kier alpha value is -2.31. The van der Waals surface area contributed by atoms with E-state index in [-0.39, 0.29) is 0 Å². The van der Waals surface area contributed by atoms with Crippen molar-refractivity contribution in [1.82, 2.24) is 24.6 Å². The smallest absolute Gasteiger partial charge is 0.196 e. The fourth-order valence-electron chi connectivity index (χ4n) is 3.15. The topological polar surface area (TPSA) is 49.7 Å². The summed E-state index contributed by atoms with van der Waals surface area (Å²) in [5, 5.41) is 4.66. The van der Waals surface area contributed by atoms with Gasteiger partial charge in [-0.15, -0.1) is 0 Å². The molecule has 1 aliphatic heterocycles. The number of aromatic nitrogens is 4. The number of benzene rings is 1. The first-order valence-electron chi connectivity index (χ1n) is 8.09. The third-order valence-electron chi connectivity index (χ3n) is 4.47. The molecule has 5 nitrogen and oxygen atoms in total. The summed E-state index contributed by atoms with van der Waals surface area (Å²) in [6.07, 6.45) is 5.02. The minimum absolute atomic E-state index is 0.571. The Labute approximate surface area is 146 Å². The van der Waals surface area contributed by atoms with E-state index in [2.05, 4.69) is 45.2 Å². The van der Waals surface area contributed by atoms with Gasteiger partial charge in [0.25, 0.3) is 0 Å². The standard InChI is InChI=1S/C18H19N5S/c1-13-15(12-23(21-13)16-5-3-2-4-6-16)11-22-8-7-17-14(10-22)9-19-18(24)20-17/h2-6,9,12H,7-8,10-11H2,1H3,(H,19,20,24). The average molecular weight is 337 g/mol. The van der Waals surface area contributed by atoms with E-state index in [4.69, 9.17) is 12.2 Å². The van der Waals surface area contributed by atoms with Gasteiger partial charge in [0, 0.05) is 55.3 Å². The van der Waals surface area contributed by atoms with E-state index in [1.165, 1.54) is 16.8 Å². The molecule has 122 valence electrons. The molecule has 6 heteroatoms. The number of aromatic amines is 1. The van der Waals surface area contributed by atoms with Gasteiger partial charge in [0.2, 0.25) is 0 Å². The molecular formula is C18H19N5S. The van der Waals surface area contributed by atoms with Crippen molar-refractivity contribution < 1.29 is 0 Å². The maximum atomic E-state index is 5.11. The van der Waals surface area contributed by atoms with Crippen molar-refractivity contribution in [1.29, 1.82) is 0 Å². The molecule has 0 saturated carbocycles. The molecule has 0 bridgehead atoms. The van der Waals surface area contributed by atoms with Crippen LogP contribution in [0.15, 0.2) is 42.7 Å². The summed E-state index contributed by atoms with van der Waals surface area (Å²) < 4.78 is 2.53. The quantitative estimate of drug-likeness (QED) is 0.746. The molecule has 2 aromatic heterocycles. The Balaban J connectivity index is 1.53. The number of H-pyrrole nitrogens is 1. The molecule has 1 aromatic carbocycles. The summed E-state index contributed by atoms with van der Waals surface area (Å²) in [5.74, 6) is 0. The lowest BCUT2D eigenvalue weighted by Gasteiger charge is -2.27. The first-order valence-corrected chi connectivity index (χ1v) is 8.50. The van der Waals surface area contributed by atoms with Gasteiger partial charge >= 0.3 is 0 Å². The third kappa shape index (κ3) is 3.02. The van der Waals surface area contributed by atoms with Crippen molar-refractivity contribution in [2.24, 2.45) is 0 Å². The summed E-state index contributed by atoms with van der Waals surface area (Å²) in [4.78, 5) is 9.85. The molecule has 0 saturated heterocycles. The second kappa shape index (κ2) is 6.30. The summed E-state index contributed by atoms with van der Waals surface area (Å²) in [7, 11) is 0. The van der Waals surface area contributed by atoms with Crippen molar-refractivity contribution in [3.63, 3.8) is 0 Å². The van der Waals surface area contributed by atoms with Crippen molar-refractivity contribution >= 4 is 12.2 Å². The van der Waals surface area contributed by atoms with Crippen molar-refractivity contribution in [2.75, 3.05) is 6.54 Å². The number of fused-ring (bicyclic) bond motifs is 1. The zero-order chi connectivity index (χ0) is 16.5. The summed E-state index contributed by atoms with van der Waals surface area (Å²) in [5.41, 5.74) is 5.90. The van der Waals surface area contributed by atoms with E-state index in [1.807, 2.05) is 29.1 Å². The zero-order valence-corrected chi connectivity index (χ0v) is 14.4. The highest BCUT2D eigenvalue weighted by atomic mass is 32.1. The lowest BCUT2D eigenvalue weighted by molar-refractivity contribution is 0.242. The SMILES string of the molecule is Cc1nn(-c2ccccc2)cc1CN1CCc2[nH]c(=S)ncc2C1. The Morgan fingerprint density at radius 1 is 1.25 bits per heavy atom.